The van der Waals surface area contributed by atoms with Gasteiger partial charge in [0, 0.05) is 43.7 Å². The third-order valence-corrected chi connectivity index (χ3v) is 19.4. The Hall–Kier alpha value is -4.66. The number of allylic oxidation sites excluding steroid dienone is 2. The maximum Gasteiger partial charge on any atom is 0.160 e. The molecular weight excluding hydrogens is 851 g/mol. The first-order valence-corrected chi connectivity index (χ1v) is 26.1. The summed E-state index contributed by atoms with van der Waals surface area (Å²) in [5.74, 6) is 11.0. The Kier molecular flexibility index (Phi) is 12.3. The number of Topliss-reactive ketones (excluding diaryl/α,β-unsaturated/α-hetero) is 2. The Morgan fingerprint density at radius 1 is 0.882 bits per heavy atom. The predicted molar refractivity (Wildman–Crippen MR) is 262 cm³/mol. The van der Waals surface area contributed by atoms with E-state index in [0.717, 1.165) is 53.3 Å². The number of dihydropyridines is 1. The molecule has 3 aromatic carbocycles. The van der Waals surface area contributed by atoms with E-state index in [-0.39, 0.29) is 42.1 Å². The molecule has 2 spiro atoms. The van der Waals surface area contributed by atoms with Gasteiger partial charge in [-0.15, -0.1) is 0 Å². The number of aliphatic hydroxyl groups excluding tert-OH is 3. The van der Waals surface area contributed by atoms with Gasteiger partial charge in [-0.25, -0.2) is 0 Å². The van der Waals surface area contributed by atoms with Gasteiger partial charge in [0.25, 0.3) is 0 Å². The number of carbonyl (C=O) groups excluding carboxylic acids is 2. The van der Waals surface area contributed by atoms with Crippen LogP contribution in [0.15, 0.2) is 78.1 Å². The molecule has 8 aliphatic rings. The van der Waals surface area contributed by atoms with E-state index < -0.39 is 29.6 Å². The first-order chi connectivity index (χ1) is 32.9. The smallest absolute Gasteiger partial charge is 0.160 e. The van der Waals surface area contributed by atoms with Gasteiger partial charge in [-0.05, 0) is 175 Å². The first-order valence-electron chi connectivity index (χ1n) is 26.1. The number of carbonyl (C=O) groups is 2. The highest BCUT2D eigenvalue weighted by molar-refractivity contribution is 5.89. The number of hydrogen-bond donors (Lipinski definition) is 7. The van der Waals surface area contributed by atoms with Gasteiger partial charge in [-0.3, -0.25) is 9.59 Å². The second-order valence-corrected chi connectivity index (χ2v) is 22.5. The molecule has 6 aliphatic carbocycles. The van der Waals surface area contributed by atoms with Crippen molar-refractivity contribution in [2.45, 2.75) is 139 Å². The minimum Gasteiger partial charge on any atom is -0.504 e. The summed E-state index contributed by atoms with van der Waals surface area (Å²) in [5.41, 5.74) is 8.69. The lowest BCUT2D eigenvalue weighted by Crippen LogP contribution is -2.66. The number of hydrogen-bond acceptors (Lipinski definition) is 10. The quantitative estimate of drug-likeness (QED) is 0.105. The van der Waals surface area contributed by atoms with Gasteiger partial charge in [-0.2, -0.15) is 0 Å². The fourth-order valence-corrected chi connectivity index (χ4v) is 16.3. The molecule has 6 fully saturated rings. The van der Waals surface area contributed by atoms with Crippen molar-refractivity contribution < 1.29 is 34.8 Å². The average Bonchev–Trinajstić information content (AvgIpc) is 3.84. The Bertz CT molecular complexity index is 2560. The number of nitrogens with two attached hydrogens (primary N) is 1. The topological polar surface area (TPSA) is 174 Å². The lowest BCUT2D eigenvalue weighted by atomic mass is 9.41. The van der Waals surface area contributed by atoms with Gasteiger partial charge in [-0.1, -0.05) is 73.2 Å². The number of nitrogens with one attached hydrogen (secondary N) is 2. The molecule has 1 saturated heterocycles. The van der Waals surface area contributed by atoms with E-state index in [1.807, 2.05) is 18.2 Å². The third kappa shape index (κ3) is 7.98. The molecule has 14 unspecified atom stereocenters. The zero-order chi connectivity index (χ0) is 46.9. The lowest BCUT2D eigenvalue weighted by Gasteiger charge is -2.65. The van der Waals surface area contributed by atoms with Crippen molar-refractivity contribution >= 4 is 22.3 Å². The number of phenols is 1. The molecular formula is C58H71N3O7. The van der Waals surface area contributed by atoms with Crippen LogP contribution in [0.3, 0.4) is 0 Å². The number of aromatic hydroxyl groups is 1. The Morgan fingerprint density at radius 3 is 2.49 bits per heavy atom. The molecule has 0 bridgehead atoms. The van der Waals surface area contributed by atoms with Crippen LogP contribution in [0.5, 0.6) is 11.5 Å². The molecule has 10 heteroatoms. The average molecular weight is 922 g/mol. The number of aliphatic hydroxyl groups is 3. The van der Waals surface area contributed by atoms with Gasteiger partial charge in [0.1, 0.15) is 11.2 Å². The Balaban J connectivity index is 0.876. The summed E-state index contributed by atoms with van der Waals surface area (Å²) in [5, 5.41) is 57.2. The molecule has 0 aromatic heterocycles. The highest BCUT2D eigenvalue weighted by Crippen LogP contribution is 2.68. The van der Waals surface area contributed by atoms with E-state index in [9.17, 15) is 30.0 Å². The van der Waals surface area contributed by atoms with Crippen LogP contribution in [0.2, 0.25) is 0 Å². The third-order valence-electron chi connectivity index (χ3n) is 19.4. The number of fused-ring (bicyclic) bond motifs is 3. The monoisotopic (exact) mass is 922 g/mol. The Morgan fingerprint density at radius 2 is 1.69 bits per heavy atom. The maximum absolute atomic E-state index is 14.8. The number of piperidine rings is 1. The lowest BCUT2D eigenvalue weighted by molar-refractivity contribution is -0.165. The summed E-state index contributed by atoms with van der Waals surface area (Å²) in [6.45, 7) is 1.55. The minimum absolute atomic E-state index is 0.0528. The number of ether oxygens (including phenoxy) is 1. The Labute approximate surface area is 401 Å². The second kappa shape index (κ2) is 18.3. The molecule has 5 saturated carbocycles. The van der Waals surface area contributed by atoms with Crippen molar-refractivity contribution in [3.05, 3.63) is 94.8 Å². The zero-order valence-electron chi connectivity index (χ0n) is 39.7. The highest BCUT2D eigenvalue weighted by Gasteiger charge is 2.64. The molecule has 10 nitrogen and oxygen atoms in total. The van der Waals surface area contributed by atoms with Gasteiger partial charge in [0.15, 0.2) is 17.3 Å². The maximum atomic E-state index is 14.8. The molecule has 11 rings (SSSR count). The number of methoxy groups -OCH3 is 1. The molecule has 8 N–H and O–H groups in total. The molecule has 68 heavy (non-hydrogen) atoms. The van der Waals surface area contributed by atoms with Crippen molar-refractivity contribution in [1.29, 1.82) is 0 Å². The van der Waals surface area contributed by atoms with Crippen molar-refractivity contribution in [1.82, 2.24) is 10.6 Å². The molecule has 0 amide bonds. The van der Waals surface area contributed by atoms with E-state index in [1.54, 1.807) is 12.1 Å². The van der Waals surface area contributed by atoms with Crippen LogP contribution in [-0.2, 0) is 16.0 Å². The van der Waals surface area contributed by atoms with Gasteiger partial charge < -0.3 is 41.5 Å². The van der Waals surface area contributed by atoms with Gasteiger partial charge in [0.05, 0.1) is 31.2 Å². The molecule has 360 valence electrons. The van der Waals surface area contributed by atoms with Crippen LogP contribution in [0.4, 0.5) is 0 Å². The van der Waals surface area contributed by atoms with Crippen molar-refractivity contribution in [2.75, 3.05) is 20.2 Å². The SMILES string of the molecule is COc1cc2c(cc1O)C(CC(O)C(O)CC(C1=CCNC(N)=C1)c1ccc3ccccc3c1)C#CC1(CCC(C3CC4CCC5CC(=O)CC6NCC(C4C56)C34CCCC4)CC1O)C(=O)CC2. The zero-order valence-corrected chi connectivity index (χ0v) is 39.7. The summed E-state index contributed by atoms with van der Waals surface area (Å²) in [6, 6.07) is 18.2. The summed E-state index contributed by atoms with van der Waals surface area (Å²) in [4.78, 5) is 27.6. The summed E-state index contributed by atoms with van der Waals surface area (Å²) in [6.07, 6.45) is 13.3. The van der Waals surface area contributed by atoms with E-state index in [4.69, 9.17) is 10.5 Å². The highest BCUT2D eigenvalue weighted by atomic mass is 16.5. The van der Waals surface area contributed by atoms with E-state index in [1.165, 1.54) is 45.6 Å². The predicted octanol–water partition coefficient (Wildman–Crippen LogP) is 7.71. The summed E-state index contributed by atoms with van der Waals surface area (Å²) < 4.78 is 5.55. The fraction of sp³-hybridized carbons (Fsp3) is 0.586. The first kappa shape index (κ1) is 45.8. The molecule has 2 heterocycles. The second-order valence-electron chi connectivity index (χ2n) is 22.5. The summed E-state index contributed by atoms with van der Waals surface area (Å²) >= 11 is 0. The van der Waals surface area contributed by atoms with Crippen LogP contribution in [0.1, 0.15) is 125 Å². The van der Waals surface area contributed by atoms with E-state index in [0.29, 0.717) is 103 Å². The molecule has 2 aliphatic heterocycles. The normalized spacial score (nSPS) is 35.2. The molecule has 14 atom stereocenters. The number of rotatable bonds is 9. The number of ketones is 2. The van der Waals surface area contributed by atoms with Crippen molar-refractivity contribution in [3.8, 4) is 23.3 Å². The standard InChI is InChI=1S/C58H71N3O7/c1-68-51-26-36-12-13-52(66)58(20-15-39(27-53(58)67)45-24-41-11-10-40-23-42(62)29-47-56(40)55(41)46(32-61-47)57(45)17-4-5-18-57)19-14-37(44(36)31-50(51)65)25-48(63)49(64)30-43(38-16-21-60-54(59)28-38)35-9-8-33-6-2-3-7-34(33)22-35/h2-3,6-9,16,22,26,28,31,37,39-41,43,45-49,53,55-56,60-61,63-65,67H,4-5,10-13,15,17-18,20-21,23-25,27,29-30,32,59H2,1H3. The largest absolute Gasteiger partial charge is 0.504 e. The number of phenolic OH excluding ortho intramolecular Hbond substituents is 1. The van der Waals surface area contributed by atoms with E-state index in [2.05, 4.69) is 58.9 Å². The van der Waals surface area contributed by atoms with E-state index >= 15 is 0 Å². The molecule has 3 aromatic rings. The van der Waals surface area contributed by atoms with Gasteiger partial charge >= 0.3 is 0 Å². The summed E-state index contributed by atoms with van der Waals surface area (Å²) in [7, 11) is 1.50. The van der Waals surface area contributed by atoms with Crippen LogP contribution in [-0.4, -0.2) is 76.5 Å². The fourth-order valence-electron chi connectivity index (χ4n) is 16.3. The molecule has 0 radical (unpaired) electrons. The minimum atomic E-state index is -1.26. The van der Waals surface area contributed by atoms with Crippen molar-refractivity contribution in [2.24, 2.45) is 58.0 Å². The number of benzene rings is 3. The van der Waals surface area contributed by atoms with Crippen LogP contribution in [0, 0.1) is 64.1 Å². The number of aryl methyl sites for hydroxylation is 1. The van der Waals surface area contributed by atoms with Crippen LogP contribution >= 0.6 is 0 Å². The van der Waals surface area contributed by atoms with Gasteiger partial charge in [0.2, 0.25) is 0 Å². The van der Waals surface area contributed by atoms with Crippen LogP contribution < -0.4 is 21.1 Å². The van der Waals surface area contributed by atoms with Crippen molar-refractivity contribution in [3.63, 3.8) is 0 Å². The van der Waals surface area contributed by atoms with Crippen LogP contribution in [0.25, 0.3) is 10.8 Å².